The first-order valence-electron chi connectivity index (χ1n) is 13.5. The van der Waals surface area contributed by atoms with Gasteiger partial charge in [-0.1, -0.05) is 36.9 Å². The molecular weight excluding hydrogens is 515 g/mol. The number of anilines is 1. The second-order valence-corrected chi connectivity index (χ2v) is 11.2. The maximum Gasteiger partial charge on any atom is 0.227 e. The van der Waals surface area contributed by atoms with Crippen molar-refractivity contribution in [1.82, 2.24) is 15.0 Å². The maximum atomic E-state index is 16.7. The Morgan fingerprint density at radius 3 is 2.54 bits per heavy atom. The predicted octanol–water partition coefficient (Wildman–Crippen LogP) is 6.50. The quantitative estimate of drug-likeness (QED) is 0.141. The van der Waals surface area contributed by atoms with E-state index in [1.807, 2.05) is 30.5 Å². The summed E-state index contributed by atoms with van der Waals surface area (Å²) in [4.78, 5) is 16.6. The monoisotopic (exact) mass is 548 g/mol. The number of aromatic nitrogens is 3. The van der Waals surface area contributed by atoms with Gasteiger partial charge in [0.1, 0.15) is 28.2 Å². The first kappa shape index (κ1) is 26.1. The number of hydrogen-bond donors (Lipinski definition) is 0. The number of pyridine rings is 1. The third-order valence-corrected chi connectivity index (χ3v) is 8.56. The van der Waals surface area contributed by atoms with E-state index in [2.05, 4.69) is 22.9 Å². The fourth-order valence-electron chi connectivity index (χ4n) is 6.30. The molecular formula is C30H33FN4O3S. The highest BCUT2D eigenvalue weighted by Gasteiger charge is 2.35. The molecule has 2 atom stereocenters. The van der Waals surface area contributed by atoms with E-state index in [0.717, 1.165) is 35.8 Å². The van der Waals surface area contributed by atoms with Gasteiger partial charge in [-0.3, -0.25) is 0 Å². The summed E-state index contributed by atoms with van der Waals surface area (Å²) in [7, 11) is 3.14. The molecule has 7 nitrogen and oxygen atoms in total. The lowest BCUT2D eigenvalue weighted by Crippen LogP contribution is -2.37. The third-order valence-electron chi connectivity index (χ3n) is 8.01. The molecule has 39 heavy (non-hydrogen) atoms. The number of aryl methyl sites for hydroxylation is 1. The fourth-order valence-corrected chi connectivity index (χ4v) is 6.66. The summed E-state index contributed by atoms with van der Waals surface area (Å²) in [5, 5.41) is 2.94. The van der Waals surface area contributed by atoms with Crippen LogP contribution >= 0.6 is 11.8 Å². The number of thioether (sulfide) groups is 1. The highest BCUT2D eigenvalue weighted by atomic mass is 32.2. The van der Waals surface area contributed by atoms with Gasteiger partial charge in [-0.2, -0.15) is 0 Å². The minimum atomic E-state index is -0.485. The molecule has 2 unspecified atom stereocenters. The Labute approximate surface area is 232 Å². The molecule has 1 saturated carbocycles. The van der Waals surface area contributed by atoms with Crippen molar-refractivity contribution < 1.29 is 18.6 Å². The molecule has 204 valence electrons. The number of rotatable bonds is 8. The fraction of sp³-hybridized carbons (Fsp3) is 0.433. The second kappa shape index (κ2) is 10.8. The molecule has 9 heteroatoms. The molecule has 0 radical (unpaired) electrons. The van der Waals surface area contributed by atoms with Crippen LogP contribution in [0.5, 0.6) is 11.6 Å². The van der Waals surface area contributed by atoms with Crippen molar-refractivity contribution in [2.45, 2.75) is 37.8 Å². The van der Waals surface area contributed by atoms with Crippen molar-refractivity contribution >= 4 is 39.3 Å². The van der Waals surface area contributed by atoms with E-state index in [0.29, 0.717) is 45.4 Å². The molecule has 1 aliphatic heterocycles. The Morgan fingerprint density at radius 2 is 1.85 bits per heavy atom. The van der Waals surface area contributed by atoms with Crippen LogP contribution < -0.4 is 14.4 Å². The van der Waals surface area contributed by atoms with Gasteiger partial charge in [0.15, 0.2) is 17.8 Å². The van der Waals surface area contributed by atoms with Crippen LogP contribution in [0.2, 0.25) is 0 Å². The number of benzene rings is 2. The molecule has 1 aliphatic carbocycles. The lowest BCUT2D eigenvalue weighted by Gasteiger charge is -2.33. The lowest BCUT2D eigenvalue weighted by atomic mass is 9.94. The van der Waals surface area contributed by atoms with Gasteiger partial charge in [0, 0.05) is 25.8 Å². The van der Waals surface area contributed by atoms with E-state index in [-0.39, 0.29) is 18.0 Å². The molecule has 2 aliphatic rings. The number of ether oxygens (including phenoxy) is 3. The number of hydrogen-bond acceptors (Lipinski definition) is 8. The van der Waals surface area contributed by atoms with E-state index in [1.54, 1.807) is 14.2 Å². The Morgan fingerprint density at radius 1 is 1.05 bits per heavy atom. The minimum Gasteiger partial charge on any atom is -0.480 e. The molecule has 1 saturated heterocycles. The SMILES string of the molecule is CCc1cccc2cc(OCOC)cc(-c3nc(OC)c4c(N5CC6CCC(C6)C5)nc(SC)nc4c3F)c12. The molecule has 2 aromatic heterocycles. The van der Waals surface area contributed by atoms with Gasteiger partial charge in [-0.25, -0.2) is 19.3 Å². The van der Waals surface area contributed by atoms with E-state index >= 15 is 4.39 Å². The predicted molar refractivity (Wildman–Crippen MR) is 153 cm³/mol. The van der Waals surface area contributed by atoms with Crippen LogP contribution in [0.4, 0.5) is 10.2 Å². The average Bonchev–Trinajstić information content (AvgIpc) is 3.31. The summed E-state index contributed by atoms with van der Waals surface area (Å²) < 4.78 is 33.5. The van der Waals surface area contributed by atoms with Crippen molar-refractivity contribution in [2.75, 3.05) is 45.3 Å². The van der Waals surface area contributed by atoms with Gasteiger partial charge >= 0.3 is 0 Å². The molecule has 0 N–H and O–H groups in total. The minimum absolute atomic E-state index is 0.0842. The molecule has 2 fully saturated rings. The first-order valence-corrected chi connectivity index (χ1v) is 14.7. The zero-order valence-electron chi connectivity index (χ0n) is 22.8. The first-order chi connectivity index (χ1) is 19.0. The van der Waals surface area contributed by atoms with Crippen molar-refractivity contribution in [1.29, 1.82) is 0 Å². The third kappa shape index (κ3) is 4.65. The van der Waals surface area contributed by atoms with Crippen LogP contribution in [0.25, 0.3) is 32.9 Å². The summed E-state index contributed by atoms with van der Waals surface area (Å²) in [6.07, 6.45) is 6.44. The van der Waals surface area contributed by atoms with Crippen molar-refractivity contribution in [3.63, 3.8) is 0 Å². The summed E-state index contributed by atoms with van der Waals surface area (Å²) in [6, 6.07) is 9.85. The summed E-state index contributed by atoms with van der Waals surface area (Å²) in [6.45, 7) is 3.99. The Hall–Kier alpha value is -3.17. The molecule has 4 aromatic rings. The van der Waals surface area contributed by atoms with Gasteiger partial charge in [0.05, 0.1) is 7.11 Å². The highest BCUT2D eigenvalue weighted by molar-refractivity contribution is 7.98. The molecule has 0 amide bonds. The molecule has 2 aromatic carbocycles. The van der Waals surface area contributed by atoms with Gasteiger partial charge in [-0.15, -0.1) is 0 Å². The van der Waals surface area contributed by atoms with Gasteiger partial charge in [-0.05, 0) is 72.2 Å². The second-order valence-electron chi connectivity index (χ2n) is 10.4. The zero-order valence-corrected chi connectivity index (χ0v) is 23.6. The number of fused-ring (bicyclic) bond motifs is 4. The molecule has 0 spiro atoms. The Balaban J connectivity index is 1.62. The normalized spacial score (nSPS) is 18.7. The van der Waals surface area contributed by atoms with Gasteiger partial charge in [0.2, 0.25) is 5.88 Å². The maximum absolute atomic E-state index is 16.7. The van der Waals surface area contributed by atoms with E-state index in [9.17, 15) is 0 Å². The van der Waals surface area contributed by atoms with Crippen molar-refractivity contribution in [3.05, 3.63) is 41.7 Å². The molecule has 2 bridgehead atoms. The van der Waals surface area contributed by atoms with Crippen LogP contribution in [0.15, 0.2) is 35.5 Å². The van der Waals surface area contributed by atoms with Crippen LogP contribution in [0.1, 0.15) is 31.7 Å². The van der Waals surface area contributed by atoms with E-state index < -0.39 is 5.82 Å². The van der Waals surface area contributed by atoms with Gasteiger partial charge in [0.25, 0.3) is 0 Å². The van der Waals surface area contributed by atoms with Crippen LogP contribution in [0.3, 0.4) is 0 Å². The number of piperidine rings is 1. The summed E-state index contributed by atoms with van der Waals surface area (Å²) >= 11 is 1.41. The topological polar surface area (TPSA) is 69.6 Å². The number of methoxy groups -OCH3 is 2. The summed E-state index contributed by atoms with van der Waals surface area (Å²) in [5.41, 5.74) is 2.15. The Kier molecular flexibility index (Phi) is 7.20. The highest BCUT2D eigenvalue weighted by Crippen LogP contribution is 2.44. The standard InChI is InChI=1S/C30H33FN4O3S/c1-5-19-7-6-8-20-12-21(38-16-36-2)13-22(23(19)20)26-25(31)27-24(29(32-26)37-3)28(34-30(33-27)39-4)35-14-17-9-10-18(11-17)15-35/h6-8,12-13,17-18H,5,9-11,14-16H2,1-4H3. The lowest BCUT2D eigenvalue weighted by molar-refractivity contribution is 0.0512. The summed E-state index contributed by atoms with van der Waals surface area (Å²) in [5.74, 6) is 2.41. The van der Waals surface area contributed by atoms with Crippen molar-refractivity contribution in [3.8, 4) is 22.9 Å². The Bertz CT molecular complexity index is 1540. The van der Waals surface area contributed by atoms with Crippen LogP contribution in [-0.2, 0) is 11.2 Å². The smallest absolute Gasteiger partial charge is 0.227 e. The molecule has 3 heterocycles. The average molecular weight is 549 g/mol. The van der Waals surface area contributed by atoms with E-state index in [4.69, 9.17) is 24.2 Å². The molecule has 6 rings (SSSR count). The largest absolute Gasteiger partial charge is 0.480 e. The van der Waals surface area contributed by atoms with Crippen LogP contribution in [0, 0.1) is 17.7 Å². The number of nitrogens with zero attached hydrogens (tertiary/aromatic N) is 4. The number of halogens is 1. The van der Waals surface area contributed by atoms with Crippen molar-refractivity contribution in [2.24, 2.45) is 11.8 Å². The zero-order chi connectivity index (χ0) is 27.1. The van der Waals surface area contributed by atoms with Crippen LogP contribution in [-0.4, -0.2) is 55.3 Å². The van der Waals surface area contributed by atoms with E-state index in [1.165, 1.54) is 31.0 Å². The van der Waals surface area contributed by atoms with Gasteiger partial charge < -0.3 is 19.1 Å².